The first-order valence-electron chi connectivity index (χ1n) is 24.5. The van der Waals surface area contributed by atoms with Crippen molar-refractivity contribution in [2.24, 2.45) is 0 Å². The molecule has 16 bridgehead atoms. The third-order valence-electron chi connectivity index (χ3n) is 13.0. The lowest BCUT2D eigenvalue weighted by molar-refractivity contribution is -0.124. The second-order valence-electron chi connectivity index (χ2n) is 18.4. The van der Waals surface area contributed by atoms with E-state index in [9.17, 15) is 9.59 Å². The third-order valence-corrected chi connectivity index (χ3v) is 13.0. The molecule has 16 rings (SSSR count). The van der Waals surface area contributed by atoms with Gasteiger partial charge in [0.15, 0.2) is 0 Å². The Morgan fingerprint density at radius 3 is 1.39 bits per heavy atom. The van der Waals surface area contributed by atoms with E-state index >= 15 is 0 Å². The number of benzene rings is 2. The Kier molecular flexibility index (Phi) is 16.1. The van der Waals surface area contributed by atoms with Gasteiger partial charge in [-0.3, -0.25) is 29.2 Å². The van der Waals surface area contributed by atoms with Crippen LogP contribution in [0.5, 0.6) is 0 Å². The number of anilines is 6. The molecule has 0 saturated carbocycles. The highest BCUT2D eigenvalue weighted by Crippen LogP contribution is 2.24. The second kappa shape index (κ2) is 23.5. The predicted molar refractivity (Wildman–Crippen MR) is 275 cm³/mol. The van der Waals surface area contributed by atoms with Crippen molar-refractivity contribution in [1.29, 1.82) is 0 Å². The summed E-state index contributed by atoms with van der Waals surface area (Å²) < 4.78 is 0. The van der Waals surface area contributed by atoms with Gasteiger partial charge in [-0.15, -0.1) is 0 Å². The van der Waals surface area contributed by atoms with E-state index in [0.717, 1.165) is 124 Å². The van der Waals surface area contributed by atoms with E-state index in [4.69, 9.17) is 9.97 Å². The van der Waals surface area contributed by atoms with Gasteiger partial charge in [0.25, 0.3) is 0 Å². The fraction of sp³-hybridized carbons (Fsp3) is 0.385. The van der Waals surface area contributed by atoms with E-state index in [-0.39, 0.29) is 11.8 Å². The van der Waals surface area contributed by atoms with Crippen LogP contribution in [0.15, 0.2) is 110 Å². The van der Waals surface area contributed by atoms with Gasteiger partial charge in [0, 0.05) is 138 Å². The minimum absolute atomic E-state index is 0.0906. The van der Waals surface area contributed by atoms with Crippen molar-refractivity contribution in [2.75, 3.05) is 99.8 Å². The molecule has 6 N–H and O–H groups in total. The first kappa shape index (κ1) is 47.9. The van der Waals surface area contributed by atoms with Gasteiger partial charge in [-0.1, -0.05) is 24.3 Å². The first-order valence-corrected chi connectivity index (χ1v) is 24.5. The Morgan fingerprint density at radius 2 is 0.957 bits per heavy atom. The smallest absolute Gasteiger partial charge is 0.234 e. The van der Waals surface area contributed by atoms with E-state index in [0.29, 0.717) is 50.2 Å². The van der Waals surface area contributed by atoms with Crippen molar-refractivity contribution >= 4 is 46.7 Å². The first-order chi connectivity index (χ1) is 34.2. The minimum Gasteiger partial charge on any atom is -0.370 e. The number of hydrogen-bond donors (Lipinski definition) is 6. The summed E-state index contributed by atoms with van der Waals surface area (Å²) in [6.07, 6.45) is 8.81. The number of nitrogens with zero attached hydrogens (tertiary/aromatic N) is 10. The Morgan fingerprint density at radius 1 is 0.500 bits per heavy atom. The number of pyridine rings is 2. The monoisotopic (exact) mass is 945 g/mol. The van der Waals surface area contributed by atoms with Crippen molar-refractivity contribution in [3.63, 3.8) is 0 Å². The molecular weight excluding hydrogens is 881 g/mol. The normalized spacial score (nSPS) is 23.1. The summed E-state index contributed by atoms with van der Waals surface area (Å²) in [5.74, 6) is 2.89. The molecule has 70 heavy (non-hydrogen) atoms. The summed E-state index contributed by atoms with van der Waals surface area (Å²) in [5, 5.41) is 19.4. The zero-order chi connectivity index (χ0) is 48.1. The van der Waals surface area contributed by atoms with E-state index in [1.807, 2.05) is 60.9 Å². The lowest BCUT2D eigenvalue weighted by Gasteiger charge is -2.39. The zero-order valence-electron chi connectivity index (χ0n) is 40.1. The second-order valence-corrected chi connectivity index (χ2v) is 18.4. The Bertz CT molecular complexity index is 2490. The van der Waals surface area contributed by atoms with Crippen LogP contribution in [-0.2, 0) is 22.7 Å². The van der Waals surface area contributed by atoms with E-state index in [1.54, 1.807) is 12.4 Å². The summed E-state index contributed by atoms with van der Waals surface area (Å²) in [6, 6.07) is 29.1. The van der Waals surface area contributed by atoms with Crippen molar-refractivity contribution in [2.45, 2.75) is 51.9 Å². The minimum atomic E-state index is 0.0906. The number of piperazine rings is 2. The predicted octanol–water partition coefficient (Wildman–Crippen LogP) is 5.44. The number of hydrogen-bond acceptors (Lipinski definition) is 16. The molecule has 0 radical (unpaired) electrons. The molecule has 2 amide bonds. The topological polar surface area (TPSA) is 197 Å². The zero-order valence-corrected chi connectivity index (χ0v) is 40.1. The lowest BCUT2D eigenvalue weighted by atomic mass is 10.1. The van der Waals surface area contributed by atoms with Crippen LogP contribution in [0.2, 0.25) is 0 Å². The van der Waals surface area contributed by atoms with Gasteiger partial charge < -0.3 is 31.9 Å². The number of aromatic nitrogens is 6. The molecule has 2 fully saturated rings. The van der Waals surface area contributed by atoms with Gasteiger partial charge in [-0.25, -0.2) is 29.9 Å². The standard InChI is InChI=1S/2C26H32N8O/c2*1-19-16-33-12-13-34(19)18-25(35)28-10-3-9-27-24-7-6-21(15-30-24)23-8-11-29-26(32-23)31-22-5-2-4-20(14-22)17-33/h2*2,4-8,11,14-15,19H,3,9-10,12-13,16-18H2,1H3,(H,27,30)(H,28,35)(H,29,31,32). The highest BCUT2D eigenvalue weighted by molar-refractivity contribution is 5.78. The largest absolute Gasteiger partial charge is 0.370 e. The third kappa shape index (κ3) is 13.6. The van der Waals surface area contributed by atoms with Crippen LogP contribution in [-0.4, -0.2) is 152 Å². The molecule has 14 heterocycles. The molecule has 10 aliphatic heterocycles. The fourth-order valence-electron chi connectivity index (χ4n) is 9.17. The van der Waals surface area contributed by atoms with Crippen molar-refractivity contribution in [3.8, 4) is 22.5 Å². The Labute approximate surface area is 410 Å². The average Bonchev–Trinajstić information content (AvgIpc) is 3.36. The van der Waals surface area contributed by atoms with Gasteiger partial charge in [0.05, 0.1) is 24.5 Å². The maximum absolute atomic E-state index is 12.5. The Hall–Kier alpha value is -7.12. The fourth-order valence-corrected chi connectivity index (χ4v) is 9.17. The number of amides is 2. The van der Waals surface area contributed by atoms with E-state index < -0.39 is 0 Å². The van der Waals surface area contributed by atoms with Crippen molar-refractivity contribution in [1.82, 2.24) is 60.1 Å². The number of rotatable bonds is 0. The van der Waals surface area contributed by atoms with Gasteiger partial charge >= 0.3 is 0 Å². The van der Waals surface area contributed by atoms with Crippen molar-refractivity contribution in [3.05, 3.63) is 121 Å². The average molecular weight is 945 g/mol. The maximum atomic E-state index is 12.5. The van der Waals surface area contributed by atoms with Crippen LogP contribution in [0, 0.1) is 0 Å². The SMILES string of the molecule is CC1CN2CCN1CC(=O)NCCCNc1ccc(cn1)-c1ccnc(n1)Nc1cccc(c1)C2.CC1CN2CCN1CC(=O)NCCCNc1ccc(cn1)-c1ccnc(n1)Nc1cccc(c1)C2. The quantitative estimate of drug-likeness (QED) is 0.113. The van der Waals surface area contributed by atoms with Crippen LogP contribution < -0.4 is 31.9 Å². The summed E-state index contributed by atoms with van der Waals surface area (Å²) in [5.41, 5.74) is 7.85. The van der Waals surface area contributed by atoms with Gasteiger partial charge in [0.1, 0.15) is 11.6 Å². The van der Waals surface area contributed by atoms with Crippen molar-refractivity contribution < 1.29 is 9.59 Å². The highest BCUT2D eigenvalue weighted by Gasteiger charge is 2.27. The van der Waals surface area contributed by atoms with Crippen LogP contribution in [0.4, 0.5) is 34.9 Å². The molecule has 0 spiro atoms. The van der Waals surface area contributed by atoms with Crippen LogP contribution in [0.25, 0.3) is 22.5 Å². The van der Waals surface area contributed by atoms with Gasteiger partial charge in [-0.05, 0) is 98.5 Å². The van der Waals surface area contributed by atoms with Crippen LogP contribution in [0.3, 0.4) is 0 Å². The summed E-state index contributed by atoms with van der Waals surface area (Å²) in [6.45, 7) is 15.3. The maximum Gasteiger partial charge on any atom is 0.234 e. The molecule has 2 aromatic carbocycles. The van der Waals surface area contributed by atoms with E-state index in [2.05, 4.69) is 122 Å². The Balaban J connectivity index is 0.000000174. The van der Waals surface area contributed by atoms with Crippen LogP contribution >= 0.6 is 0 Å². The number of nitrogens with one attached hydrogen (secondary N) is 6. The molecule has 18 nitrogen and oxygen atoms in total. The molecule has 0 aliphatic carbocycles. The lowest BCUT2D eigenvalue weighted by Crippen LogP contribution is -2.54. The molecule has 4 aromatic heterocycles. The summed E-state index contributed by atoms with van der Waals surface area (Å²) in [7, 11) is 0. The summed E-state index contributed by atoms with van der Waals surface area (Å²) in [4.78, 5) is 61.6. The van der Waals surface area contributed by atoms with Crippen LogP contribution in [0.1, 0.15) is 37.8 Å². The molecule has 18 heteroatoms. The molecule has 6 unspecified atom stereocenters. The van der Waals surface area contributed by atoms with E-state index in [1.165, 1.54) is 11.1 Å². The molecule has 6 atom stereocenters. The van der Waals surface area contributed by atoms with Gasteiger partial charge in [0.2, 0.25) is 23.7 Å². The molecule has 6 aromatic rings. The van der Waals surface area contributed by atoms with Gasteiger partial charge in [-0.2, -0.15) is 0 Å². The number of carbonyl (C=O) groups excluding carboxylic acids is 2. The number of carbonyl (C=O) groups is 2. The molecule has 364 valence electrons. The molecule has 10 aliphatic rings. The highest BCUT2D eigenvalue weighted by atomic mass is 16.2. The molecule has 2 saturated heterocycles. The molecular formula is C52H64N16O2. The summed E-state index contributed by atoms with van der Waals surface area (Å²) >= 11 is 0.